The van der Waals surface area contributed by atoms with Crippen LogP contribution in [0.3, 0.4) is 0 Å². The fourth-order valence-electron chi connectivity index (χ4n) is 3.26. The molecule has 0 aliphatic carbocycles. The molecule has 0 radical (unpaired) electrons. The van der Waals surface area contributed by atoms with Crippen LogP contribution in [0.4, 0.5) is 14.6 Å². The lowest BCUT2D eigenvalue weighted by Gasteiger charge is -2.16. The molecule has 5 nitrogen and oxygen atoms in total. The van der Waals surface area contributed by atoms with Crippen molar-refractivity contribution >= 4 is 16.7 Å². The number of nitrogens with one attached hydrogen (secondary N) is 1. The van der Waals surface area contributed by atoms with Gasteiger partial charge in [0.25, 0.3) is 0 Å². The Labute approximate surface area is 179 Å². The van der Waals surface area contributed by atoms with E-state index in [4.69, 9.17) is 9.72 Å². The molecule has 2 heterocycles. The van der Waals surface area contributed by atoms with Crippen LogP contribution in [0.1, 0.15) is 13.8 Å². The molecule has 0 aliphatic rings. The van der Waals surface area contributed by atoms with E-state index < -0.39 is 11.6 Å². The quantitative estimate of drug-likeness (QED) is 0.433. The molecule has 0 aliphatic heterocycles. The van der Waals surface area contributed by atoms with Crippen LogP contribution < -0.4 is 10.1 Å². The van der Waals surface area contributed by atoms with Gasteiger partial charge in [0.1, 0.15) is 17.1 Å². The van der Waals surface area contributed by atoms with Gasteiger partial charge >= 0.3 is 0 Å². The molecule has 158 valence electrons. The van der Waals surface area contributed by atoms with E-state index in [2.05, 4.69) is 15.3 Å². The van der Waals surface area contributed by atoms with Crippen LogP contribution in [0.15, 0.2) is 54.9 Å². The third-order valence-electron chi connectivity index (χ3n) is 4.76. The number of halogens is 2. The highest BCUT2D eigenvalue weighted by Gasteiger charge is 2.18. The fraction of sp³-hybridized carbons (Fsp3) is 0.208. The minimum Gasteiger partial charge on any atom is -0.491 e. The molecule has 0 bridgehead atoms. The van der Waals surface area contributed by atoms with Crippen molar-refractivity contribution in [1.29, 1.82) is 0 Å². The van der Waals surface area contributed by atoms with Crippen LogP contribution >= 0.6 is 0 Å². The molecular weight excluding hydrogens is 398 g/mol. The van der Waals surface area contributed by atoms with Crippen molar-refractivity contribution < 1.29 is 13.5 Å². The Hall–Kier alpha value is -3.61. The number of fused-ring (bicyclic) bond motifs is 1. The smallest absolute Gasteiger partial charge is 0.166 e. The molecule has 0 amide bonds. The average Bonchev–Trinajstić information content (AvgIpc) is 2.79. The van der Waals surface area contributed by atoms with E-state index in [0.29, 0.717) is 40.5 Å². The van der Waals surface area contributed by atoms with Crippen LogP contribution in [0.2, 0.25) is 0 Å². The third kappa shape index (κ3) is 4.17. The normalized spacial score (nSPS) is 11.2. The Morgan fingerprint density at radius 3 is 2.58 bits per heavy atom. The number of aromatic nitrogens is 3. The second-order valence-corrected chi connectivity index (χ2v) is 7.56. The Kier molecular flexibility index (Phi) is 5.75. The molecule has 4 rings (SSSR count). The van der Waals surface area contributed by atoms with E-state index in [1.165, 1.54) is 12.1 Å². The molecule has 0 unspecified atom stereocenters. The summed E-state index contributed by atoms with van der Waals surface area (Å²) in [6.45, 7) is 4.52. The highest BCUT2D eigenvalue weighted by Crippen LogP contribution is 2.37. The van der Waals surface area contributed by atoms with Gasteiger partial charge in [0.05, 0.1) is 6.61 Å². The van der Waals surface area contributed by atoms with Crippen LogP contribution in [0.5, 0.6) is 5.75 Å². The van der Waals surface area contributed by atoms with Gasteiger partial charge in [-0.1, -0.05) is 26.0 Å². The maximum Gasteiger partial charge on any atom is 0.166 e. The number of hydrogen-bond acceptors (Lipinski definition) is 5. The first-order chi connectivity index (χ1) is 15.0. The van der Waals surface area contributed by atoms with Gasteiger partial charge in [-0.05, 0) is 41.8 Å². The lowest BCUT2D eigenvalue weighted by molar-refractivity contribution is 0.273. The summed E-state index contributed by atoms with van der Waals surface area (Å²) in [7, 11) is 1.75. The van der Waals surface area contributed by atoms with E-state index in [9.17, 15) is 8.78 Å². The van der Waals surface area contributed by atoms with Gasteiger partial charge in [-0.3, -0.25) is 4.98 Å². The van der Waals surface area contributed by atoms with Crippen LogP contribution in [0, 0.1) is 17.6 Å². The van der Waals surface area contributed by atoms with Crippen molar-refractivity contribution in [2.75, 3.05) is 19.0 Å². The largest absolute Gasteiger partial charge is 0.491 e. The summed E-state index contributed by atoms with van der Waals surface area (Å²) >= 11 is 0. The van der Waals surface area contributed by atoms with Gasteiger partial charge in [0, 0.05) is 36.0 Å². The lowest BCUT2D eigenvalue weighted by Crippen LogP contribution is -2.07. The van der Waals surface area contributed by atoms with E-state index in [0.717, 1.165) is 11.6 Å². The van der Waals surface area contributed by atoms with Gasteiger partial charge in [-0.15, -0.1) is 0 Å². The molecule has 7 heteroatoms. The molecule has 0 saturated carbocycles. The predicted octanol–water partition coefficient (Wildman–Crippen LogP) is 5.71. The summed E-state index contributed by atoms with van der Waals surface area (Å²) in [5.41, 5.74) is 1.97. The summed E-state index contributed by atoms with van der Waals surface area (Å²) in [5, 5.41) is 3.73. The fourth-order valence-corrected chi connectivity index (χ4v) is 3.26. The molecule has 0 atom stereocenters. The Morgan fingerprint density at radius 2 is 1.87 bits per heavy atom. The summed E-state index contributed by atoms with van der Waals surface area (Å²) < 4.78 is 34.5. The minimum atomic E-state index is -0.907. The Balaban J connectivity index is 1.98. The Bertz CT molecular complexity index is 1230. The number of pyridine rings is 1. The van der Waals surface area contributed by atoms with Crippen molar-refractivity contribution in [3.63, 3.8) is 0 Å². The van der Waals surface area contributed by atoms with Crippen molar-refractivity contribution in [3.8, 4) is 28.3 Å². The molecule has 1 N–H and O–H groups in total. The Morgan fingerprint density at radius 1 is 1.03 bits per heavy atom. The number of anilines is 1. The molecule has 2 aromatic carbocycles. The molecule has 0 spiro atoms. The van der Waals surface area contributed by atoms with E-state index in [-0.39, 0.29) is 11.5 Å². The topological polar surface area (TPSA) is 59.9 Å². The molecule has 31 heavy (non-hydrogen) atoms. The molecule has 0 saturated heterocycles. The minimum absolute atomic E-state index is 0.148. The van der Waals surface area contributed by atoms with Gasteiger partial charge in [-0.25, -0.2) is 18.7 Å². The number of ether oxygens (including phenoxy) is 1. The number of rotatable bonds is 6. The van der Waals surface area contributed by atoms with E-state index >= 15 is 0 Å². The standard InChI is InChI=1S/C24H22F2N4O/c1-14(2)13-31-20-11-16(17-7-4-8-19(25)21(17)26)10-18-22(20)29-23(30-24(18)27-3)15-6-5-9-28-12-15/h4-12,14H,13H2,1-3H3,(H,27,29,30). The zero-order chi connectivity index (χ0) is 22.0. The van der Waals surface area contributed by atoms with E-state index in [1.807, 2.05) is 26.0 Å². The lowest BCUT2D eigenvalue weighted by atomic mass is 10.0. The molecule has 2 aromatic heterocycles. The molecule has 4 aromatic rings. The van der Waals surface area contributed by atoms with Crippen molar-refractivity contribution in [2.45, 2.75) is 13.8 Å². The zero-order valence-corrected chi connectivity index (χ0v) is 17.5. The van der Waals surface area contributed by atoms with Gasteiger partial charge in [-0.2, -0.15) is 0 Å². The second kappa shape index (κ2) is 8.63. The van der Waals surface area contributed by atoms with Crippen LogP contribution in [-0.2, 0) is 0 Å². The monoisotopic (exact) mass is 420 g/mol. The maximum atomic E-state index is 14.5. The van der Waals surface area contributed by atoms with Gasteiger partial charge in [0.2, 0.25) is 0 Å². The second-order valence-electron chi connectivity index (χ2n) is 7.56. The summed E-state index contributed by atoms with van der Waals surface area (Å²) in [6.07, 6.45) is 3.37. The first kappa shape index (κ1) is 20.7. The summed E-state index contributed by atoms with van der Waals surface area (Å²) in [6, 6.07) is 11.2. The highest BCUT2D eigenvalue weighted by atomic mass is 19.2. The summed E-state index contributed by atoms with van der Waals surface area (Å²) in [4.78, 5) is 13.5. The summed E-state index contributed by atoms with van der Waals surface area (Å²) in [5.74, 6) is -0.0160. The molecular formula is C24H22F2N4O. The van der Waals surface area contributed by atoms with Crippen molar-refractivity contribution in [2.24, 2.45) is 5.92 Å². The van der Waals surface area contributed by atoms with Crippen LogP contribution in [0.25, 0.3) is 33.4 Å². The predicted molar refractivity (Wildman–Crippen MR) is 118 cm³/mol. The van der Waals surface area contributed by atoms with Crippen LogP contribution in [-0.4, -0.2) is 28.6 Å². The first-order valence-corrected chi connectivity index (χ1v) is 9.99. The highest BCUT2D eigenvalue weighted by molar-refractivity contribution is 5.97. The first-order valence-electron chi connectivity index (χ1n) is 9.99. The van der Waals surface area contributed by atoms with Gasteiger partial charge < -0.3 is 10.1 Å². The average molecular weight is 420 g/mol. The number of nitrogens with zero attached hydrogens (tertiary/aromatic N) is 3. The van der Waals surface area contributed by atoms with Crippen molar-refractivity contribution in [1.82, 2.24) is 15.0 Å². The zero-order valence-electron chi connectivity index (χ0n) is 17.5. The SMILES string of the molecule is CNc1nc(-c2cccnc2)nc2c(OCC(C)C)cc(-c3cccc(F)c3F)cc12. The van der Waals surface area contributed by atoms with Crippen molar-refractivity contribution in [3.05, 3.63) is 66.5 Å². The van der Waals surface area contributed by atoms with E-state index in [1.54, 1.807) is 31.6 Å². The number of hydrogen-bond donors (Lipinski definition) is 1. The maximum absolute atomic E-state index is 14.5. The number of benzene rings is 2. The van der Waals surface area contributed by atoms with Gasteiger partial charge in [0.15, 0.2) is 17.5 Å². The third-order valence-corrected chi connectivity index (χ3v) is 4.76. The molecule has 0 fully saturated rings.